The van der Waals surface area contributed by atoms with Crippen molar-refractivity contribution in [3.63, 3.8) is 0 Å². The van der Waals surface area contributed by atoms with Gasteiger partial charge < -0.3 is 29.7 Å². The number of rotatable bonds is 4. The van der Waals surface area contributed by atoms with E-state index in [-0.39, 0.29) is 11.1 Å². The van der Waals surface area contributed by atoms with Crippen LogP contribution in [0.25, 0.3) is 33.0 Å². The molecule has 0 fully saturated rings. The fourth-order valence-electron chi connectivity index (χ4n) is 4.65. The molecule has 0 unspecified atom stereocenters. The molecule has 5 rings (SSSR count). The van der Waals surface area contributed by atoms with Gasteiger partial charge in [-0.2, -0.15) is 0 Å². The highest BCUT2D eigenvalue weighted by atomic mass is 16.5. The number of hydrogen-bond acceptors (Lipinski definition) is 6. The van der Waals surface area contributed by atoms with E-state index < -0.39 is 23.1 Å². The molecule has 0 aliphatic heterocycles. The first kappa shape index (κ1) is 21.4. The van der Waals surface area contributed by atoms with Crippen LogP contribution in [-0.4, -0.2) is 46.0 Å². The van der Waals surface area contributed by atoms with Crippen molar-refractivity contribution in [2.24, 2.45) is 0 Å². The molecular weight excluding hydrogens is 436 g/mol. The number of allylic oxidation sites excluding steroid dienone is 2. The molecule has 2 heterocycles. The molecule has 0 saturated carbocycles. The highest BCUT2D eigenvalue weighted by molar-refractivity contribution is 6.48. The summed E-state index contributed by atoms with van der Waals surface area (Å²) in [5.74, 6) is -2.02. The molecule has 4 N–H and O–H groups in total. The summed E-state index contributed by atoms with van der Waals surface area (Å²) in [6.45, 7) is 3.46. The third-order valence-corrected chi connectivity index (χ3v) is 6.24. The number of H-pyrrole nitrogens is 2. The Balaban J connectivity index is 1.74. The number of aromatic amines is 2. The first-order valence-electron chi connectivity index (χ1n) is 10.6. The summed E-state index contributed by atoms with van der Waals surface area (Å²) >= 11 is 0. The number of ether oxygens (including phenoxy) is 2. The van der Waals surface area contributed by atoms with Gasteiger partial charge in [0, 0.05) is 44.3 Å². The average Bonchev–Trinajstić information content (AvgIpc) is 3.33. The second kappa shape index (κ2) is 7.55. The number of fused-ring (bicyclic) bond motifs is 2. The molecule has 0 saturated heterocycles. The van der Waals surface area contributed by atoms with Gasteiger partial charge in [-0.05, 0) is 50.2 Å². The van der Waals surface area contributed by atoms with E-state index in [4.69, 9.17) is 9.47 Å². The van der Waals surface area contributed by atoms with E-state index in [2.05, 4.69) is 9.97 Å². The Morgan fingerprint density at radius 2 is 1.06 bits per heavy atom. The van der Waals surface area contributed by atoms with Crippen molar-refractivity contribution in [3.05, 3.63) is 70.4 Å². The maximum absolute atomic E-state index is 13.4. The van der Waals surface area contributed by atoms with E-state index in [9.17, 15) is 19.8 Å². The molecule has 0 atom stereocenters. The molecule has 2 aromatic heterocycles. The molecular formula is C26H22N2O6. The standard InChI is InChI=1S/C26H22N2O6/c1-11-19(15-9-13(33-3)5-7-17(15)27-11)21-23(29)25(31)22(26(32)24(21)30)20-12(2)28-18-8-6-14(34-4)10-16(18)20/h5-10,27-29,32H,1-4H3. The van der Waals surface area contributed by atoms with Gasteiger partial charge in [0.1, 0.15) is 11.5 Å². The number of aromatic nitrogens is 2. The maximum Gasteiger partial charge on any atom is 0.232 e. The average molecular weight is 458 g/mol. The summed E-state index contributed by atoms with van der Waals surface area (Å²) in [6, 6.07) is 10.5. The summed E-state index contributed by atoms with van der Waals surface area (Å²) in [7, 11) is 3.04. The van der Waals surface area contributed by atoms with Gasteiger partial charge in [0.2, 0.25) is 11.6 Å². The largest absolute Gasteiger partial charge is 0.504 e. The molecule has 4 aromatic rings. The van der Waals surface area contributed by atoms with Crippen molar-refractivity contribution in [2.75, 3.05) is 14.2 Å². The van der Waals surface area contributed by atoms with E-state index in [0.29, 0.717) is 55.8 Å². The molecule has 34 heavy (non-hydrogen) atoms. The van der Waals surface area contributed by atoms with Crippen LogP contribution in [0, 0.1) is 13.8 Å². The monoisotopic (exact) mass is 458 g/mol. The van der Waals surface area contributed by atoms with E-state index in [0.717, 1.165) is 0 Å². The number of carbonyl (C=O) groups is 2. The van der Waals surface area contributed by atoms with Crippen LogP contribution < -0.4 is 9.47 Å². The summed E-state index contributed by atoms with van der Waals surface area (Å²) < 4.78 is 10.6. The normalized spacial score (nSPS) is 14.6. The zero-order chi connectivity index (χ0) is 24.3. The zero-order valence-corrected chi connectivity index (χ0v) is 19.0. The maximum atomic E-state index is 13.4. The summed E-state index contributed by atoms with van der Waals surface area (Å²) in [5, 5.41) is 23.2. The van der Waals surface area contributed by atoms with E-state index in [1.165, 1.54) is 14.2 Å². The molecule has 0 spiro atoms. The quantitative estimate of drug-likeness (QED) is 0.329. The van der Waals surface area contributed by atoms with Gasteiger partial charge in [-0.15, -0.1) is 0 Å². The molecule has 8 nitrogen and oxygen atoms in total. The van der Waals surface area contributed by atoms with E-state index in [1.807, 2.05) is 0 Å². The van der Waals surface area contributed by atoms with Crippen LogP contribution in [0.15, 0.2) is 47.9 Å². The van der Waals surface area contributed by atoms with Crippen molar-refractivity contribution in [1.82, 2.24) is 9.97 Å². The van der Waals surface area contributed by atoms with Gasteiger partial charge in [0.05, 0.1) is 25.4 Å². The van der Waals surface area contributed by atoms with Crippen molar-refractivity contribution < 1.29 is 29.3 Å². The lowest BCUT2D eigenvalue weighted by Crippen LogP contribution is -2.23. The lowest BCUT2D eigenvalue weighted by atomic mass is 9.84. The minimum absolute atomic E-state index is 0.252. The smallest absolute Gasteiger partial charge is 0.232 e. The van der Waals surface area contributed by atoms with Gasteiger partial charge in [-0.3, -0.25) is 9.59 Å². The predicted octanol–water partition coefficient (Wildman–Crippen LogP) is 4.67. The lowest BCUT2D eigenvalue weighted by Gasteiger charge is -2.19. The third-order valence-electron chi connectivity index (χ3n) is 6.24. The van der Waals surface area contributed by atoms with E-state index in [1.54, 1.807) is 50.2 Å². The minimum Gasteiger partial charge on any atom is -0.504 e. The highest BCUT2D eigenvalue weighted by Gasteiger charge is 2.39. The number of aryl methyl sites for hydroxylation is 2. The summed E-state index contributed by atoms with van der Waals surface area (Å²) in [5.41, 5.74) is 2.70. The third kappa shape index (κ3) is 2.92. The van der Waals surface area contributed by atoms with Crippen LogP contribution in [-0.2, 0) is 9.59 Å². The Kier molecular flexibility index (Phi) is 4.75. The van der Waals surface area contributed by atoms with Gasteiger partial charge in [0.25, 0.3) is 0 Å². The van der Waals surface area contributed by atoms with Crippen LogP contribution in [0.2, 0.25) is 0 Å². The molecule has 0 bridgehead atoms. The van der Waals surface area contributed by atoms with Gasteiger partial charge in [-0.1, -0.05) is 0 Å². The number of methoxy groups -OCH3 is 2. The molecule has 2 aromatic carbocycles. The Bertz CT molecular complexity index is 1480. The highest BCUT2D eigenvalue weighted by Crippen LogP contribution is 2.41. The molecule has 172 valence electrons. The number of hydrogen-bond donors (Lipinski definition) is 4. The van der Waals surface area contributed by atoms with Crippen LogP contribution in [0.3, 0.4) is 0 Å². The molecule has 1 aliphatic carbocycles. The number of Topliss-reactive ketones (excluding diaryl/α,β-unsaturated/α-hetero) is 2. The van der Waals surface area contributed by atoms with Crippen LogP contribution in [0.5, 0.6) is 11.5 Å². The number of aliphatic hydroxyl groups excluding tert-OH is 2. The fraction of sp³-hybridized carbons (Fsp3) is 0.154. The van der Waals surface area contributed by atoms with Crippen LogP contribution >= 0.6 is 0 Å². The second-order valence-corrected chi connectivity index (χ2v) is 8.18. The van der Waals surface area contributed by atoms with Gasteiger partial charge in [0.15, 0.2) is 11.5 Å². The lowest BCUT2D eigenvalue weighted by molar-refractivity contribution is -0.116. The van der Waals surface area contributed by atoms with Crippen molar-refractivity contribution in [2.45, 2.75) is 13.8 Å². The van der Waals surface area contributed by atoms with Crippen molar-refractivity contribution >= 4 is 44.5 Å². The molecule has 1 aliphatic rings. The summed E-state index contributed by atoms with van der Waals surface area (Å²) in [4.78, 5) is 33.2. The number of nitrogens with one attached hydrogen (secondary N) is 2. The molecule has 0 amide bonds. The first-order chi connectivity index (χ1) is 16.3. The zero-order valence-electron chi connectivity index (χ0n) is 19.0. The number of aliphatic hydroxyl groups is 2. The van der Waals surface area contributed by atoms with Crippen molar-refractivity contribution in [1.29, 1.82) is 0 Å². The van der Waals surface area contributed by atoms with Crippen molar-refractivity contribution in [3.8, 4) is 11.5 Å². The number of ketones is 2. The molecule has 8 heteroatoms. The minimum atomic E-state index is -0.837. The number of benzene rings is 2. The fourth-order valence-corrected chi connectivity index (χ4v) is 4.65. The Morgan fingerprint density at radius 3 is 1.41 bits per heavy atom. The number of carbonyl (C=O) groups excluding carboxylic acids is 2. The Hall–Kier alpha value is -4.46. The molecule has 0 radical (unpaired) electrons. The Morgan fingerprint density at radius 1 is 0.676 bits per heavy atom. The topological polar surface area (TPSA) is 125 Å². The summed E-state index contributed by atoms with van der Waals surface area (Å²) in [6.07, 6.45) is 0. The predicted molar refractivity (Wildman–Crippen MR) is 128 cm³/mol. The SMILES string of the molecule is COc1ccc2[nH]c(C)c(C3=C(O)C(=O)C(c4c(C)[nH]c5ccc(OC)cc45)=C(O)C3=O)c2c1. The first-order valence-corrected chi connectivity index (χ1v) is 10.6. The van der Waals surface area contributed by atoms with Crippen LogP contribution in [0.4, 0.5) is 0 Å². The Labute approximate surface area is 194 Å². The second-order valence-electron chi connectivity index (χ2n) is 8.18. The van der Waals surface area contributed by atoms with Gasteiger partial charge >= 0.3 is 0 Å². The van der Waals surface area contributed by atoms with Crippen LogP contribution in [0.1, 0.15) is 22.5 Å². The van der Waals surface area contributed by atoms with E-state index >= 15 is 0 Å². The van der Waals surface area contributed by atoms with Gasteiger partial charge in [-0.25, -0.2) is 0 Å².